The molecule has 2 aliphatic heterocycles. The van der Waals surface area contributed by atoms with E-state index >= 15 is 0 Å². The average Bonchev–Trinajstić information content (AvgIpc) is 3.05. The predicted molar refractivity (Wildman–Crippen MR) is 85.2 cm³/mol. The molecular weight excluding hydrogens is 276 g/mol. The van der Waals surface area contributed by atoms with Gasteiger partial charge in [-0.25, -0.2) is 0 Å². The van der Waals surface area contributed by atoms with Gasteiger partial charge in [0.15, 0.2) is 5.79 Å². The second kappa shape index (κ2) is 5.24. The lowest BCUT2D eigenvalue weighted by Gasteiger charge is -2.35. The van der Waals surface area contributed by atoms with Gasteiger partial charge in [-0.15, -0.1) is 0 Å². The van der Waals surface area contributed by atoms with Crippen molar-refractivity contribution in [1.82, 2.24) is 0 Å². The third kappa shape index (κ3) is 2.65. The molecule has 3 nitrogen and oxygen atoms in total. The van der Waals surface area contributed by atoms with Gasteiger partial charge in [-0.05, 0) is 50.2 Å². The number of fused-ring (bicyclic) bond motifs is 1. The minimum Gasteiger partial charge on any atom is -0.487 e. The molecule has 2 fully saturated rings. The third-order valence-corrected chi connectivity index (χ3v) is 5.36. The monoisotopic (exact) mass is 302 g/mol. The Hall–Kier alpha value is -1.06. The van der Waals surface area contributed by atoms with Gasteiger partial charge in [-0.3, -0.25) is 0 Å². The Morgan fingerprint density at radius 1 is 1.09 bits per heavy atom. The zero-order valence-corrected chi connectivity index (χ0v) is 13.7. The lowest BCUT2D eigenvalue weighted by Crippen LogP contribution is -2.35. The van der Waals surface area contributed by atoms with Crippen LogP contribution in [0.2, 0.25) is 0 Å². The number of ether oxygens (including phenoxy) is 3. The number of hydrogen-bond donors (Lipinski definition) is 0. The standard InChI is InChI=1S/C19H26O3/c1-18(2)13-16-5-3-4-15(17(16)22-18)12-14-6-8-19(9-7-14)20-10-11-21-19/h3-5,14H,6-13H2,1-2H3. The lowest BCUT2D eigenvalue weighted by atomic mass is 9.81. The Balaban J connectivity index is 1.44. The summed E-state index contributed by atoms with van der Waals surface area (Å²) in [5.74, 6) is 1.63. The minimum atomic E-state index is -0.242. The number of benzene rings is 1. The van der Waals surface area contributed by atoms with E-state index < -0.39 is 0 Å². The van der Waals surface area contributed by atoms with Crippen LogP contribution in [0.4, 0.5) is 0 Å². The molecule has 0 aromatic heterocycles. The summed E-state index contributed by atoms with van der Waals surface area (Å²) < 4.78 is 17.9. The van der Waals surface area contributed by atoms with Crippen LogP contribution in [0.3, 0.4) is 0 Å². The molecule has 0 N–H and O–H groups in total. The Morgan fingerprint density at radius 2 is 1.82 bits per heavy atom. The van der Waals surface area contributed by atoms with Crippen LogP contribution < -0.4 is 4.74 Å². The van der Waals surface area contributed by atoms with Crippen LogP contribution in [0.5, 0.6) is 5.75 Å². The third-order valence-electron chi connectivity index (χ3n) is 5.36. The summed E-state index contributed by atoms with van der Waals surface area (Å²) in [6.45, 7) is 5.88. The Kier molecular flexibility index (Phi) is 3.46. The second-order valence-electron chi connectivity index (χ2n) is 7.70. The van der Waals surface area contributed by atoms with Gasteiger partial charge in [0.1, 0.15) is 11.4 Å². The normalized spacial score (nSPS) is 26.1. The van der Waals surface area contributed by atoms with Crippen molar-refractivity contribution in [3.8, 4) is 5.75 Å². The molecule has 1 spiro atoms. The van der Waals surface area contributed by atoms with E-state index in [4.69, 9.17) is 14.2 Å². The van der Waals surface area contributed by atoms with Gasteiger partial charge >= 0.3 is 0 Å². The maximum absolute atomic E-state index is 6.21. The van der Waals surface area contributed by atoms with Crippen LogP contribution in [-0.2, 0) is 22.3 Å². The molecule has 2 heterocycles. The Bertz CT molecular complexity index is 548. The van der Waals surface area contributed by atoms with E-state index in [0.29, 0.717) is 0 Å². The fourth-order valence-corrected chi connectivity index (χ4v) is 4.26. The second-order valence-corrected chi connectivity index (χ2v) is 7.70. The molecule has 1 aromatic carbocycles. The highest BCUT2D eigenvalue weighted by atomic mass is 16.7. The summed E-state index contributed by atoms with van der Waals surface area (Å²) >= 11 is 0. The molecule has 1 aliphatic carbocycles. The molecule has 1 saturated carbocycles. The van der Waals surface area contributed by atoms with Gasteiger partial charge < -0.3 is 14.2 Å². The van der Waals surface area contributed by atoms with Gasteiger partial charge in [0.25, 0.3) is 0 Å². The summed E-state index contributed by atoms with van der Waals surface area (Å²) in [7, 11) is 0. The number of rotatable bonds is 2. The Morgan fingerprint density at radius 3 is 2.55 bits per heavy atom. The van der Waals surface area contributed by atoms with Crippen molar-refractivity contribution in [1.29, 1.82) is 0 Å². The number of hydrogen-bond acceptors (Lipinski definition) is 3. The fraction of sp³-hybridized carbons (Fsp3) is 0.684. The predicted octanol–water partition coefficient (Wildman–Crippen LogP) is 3.88. The topological polar surface area (TPSA) is 27.7 Å². The number of para-hydroxylation sites is 1. The zero-order chi connectivity index (χ0) is 15.2. The quantitative estimate of drug-likeness (QED) is 0.830. The SMILES string of the molecule is CC1(C)Cc2cccc(CC3CCC4(CC3)OCCO4)c2O1. The van der Waals surface area contributed by atoms with Crippen LogP contribution in [0.15, 0.2) is 18.2 Å². The highest BCUT2D eigenvalue weighted by Gasteiger charge is 2.40. The highest BCUT2D eigenvalue weighted by molar-refractivity contribution is 5.46. The molecule has 0 atom stereocenters. The molecule has 3 heteroatoms. The summed E-state index contributed by atoms with van der Waals surface area (Å²) in [6, 6.07) is 6.64. The van der Waals surface area contributed by atoms with E-state index in [1.807, 2.05) is 0 Å². The summed E-state index contributed by atoms with van der Waals surface area (Å²) in [4.78, 5) is 0. The molecule has 0 radical (unpaired) electrons. The first-order chi connectivity index (χ1) is 10.6. The van der Waals surface area contributed by atoms with Gasteiger partial charge in [-0.2, -0.15) is 0 Å². The van der Waals surface area contributed by atoms with Crippen molar-refractivity contribution in [3.63, 3.8) is 0 Å². The molecule has 0 unspecified atom stereocenters. The first-order valence-electron chi connectivity index (χ1n) is 8.63. The summed E-state index contributed by atoms with van der Waals surface area (Å²) in [6.07, 6.45) is 6.60. The molecule has 1 saturated heterocycles. The molecule has 120 valence electrons. The lowest BCUT2D eigenvalue weighted by molar-refractivity contribution is -0.182. The van der Waals surface area contributed by atoms with E-state index in [1.165, 1.54) is 24.0 Å². The van der Waals surface area contributed by atoms with Crippen LogP contribution in [0.1, 0.15) is 50.7 Å². The van der Waals surface area contributed by atoms with Gasteiger partial charge in [0, 0.05) is 19.3 Å². The molecule has 3 aliphatic rings. The molecule has 0 bridgehead atoms. The highest BCUT2D eigenvalue weighted by Crippen LogP contribution is 2.42. The molecule has 1 aromatic rings. The van der Waals surface area contributed by atoms with E-state index in [2.05, 4.69) is 32.0 Å². The maximum atomic E-state index is 6.21. The molecule has 4 rings (SSSR count). The van der Waals surface area contributed by atoms with E-state index in [1.54, 1.807) is 0 Å². The van der Waals surface area contributed by atoms with Crippen molar-refractivity contribution in [2.75, 3.05) is 13.2 Å². The van der Waals surface area contributed by atoms with Crippen LogP contribution in [-0.4, -0.2) is 24.6 Å². The summed E-state index contributed by atoms with van der Waals surface area (Å²) in [5, 5.41) is 0. The maximum Gasteiger partial charge on any atom is 0.168 e. The van der Waals surface area contributed by atoms with Crippen molar-refractivity contribution < 1.29 is 14.2 Å². The van der Waals surface area contributed by atoms with Crippen LogP contribution in [0.25, 0.3) is 0 Å². The molecule has 22 heavy (non-hydrogen) atoms. The smallest absolute Gasteiger partial charge is 0.168 e. The molecule has 0 amide bonds. The van der Waals surface area contributed by atoms with E-state index in [9.17, 15) is 0 Å². The van der Waals surface area contributed by atoms with Crippen molar-refractivity contribution >= 4 is 0 Å². The van der Waals surface area contributed by atoms with Crippen molar-refractivity contribution in [2.45, 2.75) is 63.8 Å². The van der Waals surface area contributed by atoms with E-state index in [0.717, 1.165) is 50.6 Å². The molecular formula is C19H26O3. The van der Waals surface area contributed by atoms with Crippen molar-refractivity contribution in [3.05, 3.63) is 29.3 Å². The van der Waals surface area contributed by atoms with Gasteiger partial charge in [-0.1, -0.05) is 18.2 Å². The zero-order valence-electron chi connectivity index (χ0n) is 13.7. The fourth-order valence-electron chi connectivity index (χ4n) is 4.26. The summed E-state index contributed by atoms with van der Waals surface area (Å²) in [5.41, 5.74) is 2.70. The van der Waals surface area contributed by atoms with Gasteiger partial charge in [0.05, 0.1) is 13.2 Å². The first kappa shape index (κ1) is 14.5. The average molecular weight is 302 g/mol. The van der Waals surface area contributed by atoms with Crippen LogP contribution in [0, 0.1) is 5.92 Å². The van der Waals surface area contributed by atoms with E-state index in [-0.39, 0.29) is 11.4 Å². The van der Waals surface area contributed by atoms with Gasteiger partial charge in [0.2, 0.25) is 0 Å². The van der Waals surface area contributed by atoms with Crippen LogP contribution >= 0.6 is 0 Å². The minimum absolute atomic E-state index is 0.0550. The largest absolute Gasteiger partial charge is 0.487 e. The van der Waals surface area contributed by atoms with Crippen molar-refractivity contribution in [2.24, 2.45) is 5.92 Å². The Labute approximate surface area is 132 Å². The first-order valence-corrected chi connectivity index (χ1v) is 8.63.